The monoisotopic (exact) mass is 316 g/mol. The van der Waals surface area contributed by atoms with Crippen LogP contribution < -0.4 is 5.32 Å². The highest BCUT2D eigenvalue weighted by molar-refractivity contribution is 5.38. The van der Waals surface area contributed by atoms with Crippen LogP contribution in [0.4, 0.5) is 5.82 Å². The summed E-state index contributed by atoms with van der Waals surface area (Å²) in [6.45, 7) is 7.56. The number of hydrogen-bond donors (Lipinski definition) is 1. The average Bonchev–Trinajstić information content (AvgIpc) is 2.90. The predicted octanol–water partition coefficient (Wildman–Crippen LogP) is 2.59. The first-order valence-corrected chi connectivity index (χ1v) is 8.11. The van der Waals surface area contributed by atoms with E-state index in [4.69, 9.17) is 4.74 Å². The van der Waals surface area contributed by atoms with Gasteiger partial charge in [0, 0.05) is 31.3 Å². The van der Waals surface area contributed by atoms with Crippen LogP contribution in [0.2, 0.25) is 0 Å². The van der Waals surface area contributed by atoms with Gasteiger partial charge < -0.3 is 10.1 Å². The van der Waals surface area contributed by atoms with Gasteiger partial charge in [-0.1, -0.05) is 13.8 Å². The Hall–Kier alpha value is -2.02. The van der Waals surface area contributed by atoms with Gasteiger partial charge in [0.2, 0.25) is 0 Å². The summed E-state index contributed by atoms with van der Waals surface area (Å²) in [5, 5.41) is 8.02. The fraction of sp³-hybridized carbons (Fsp3) is 0.625. The summed E-state index contributed by atoms with van der Waals surface area (Å²) < 4.78 is 7.12. The first kappa shape index (κ1) is 15.9. The second-order valence-electron chi connectivity index (χ2n) is 6.29. The van der Waals surface area contributed by atoms with Gasteiger partial charge in [-0.3, -0.25) is 0 Å². The summed E-state index contributed by atoms with van der Waals surface area (Å²) in [5.41, 5.74) is 0.976. The van der Waals surface area contributed by atoms with Gasteiger partial charge in [0.1, 0.15) is 24.1 Å². The van der Waals surface area contributed by atoms with Crippen molar-refractivity contribution in [2.24, 2.45) is 0 Å². The Kier molecular flexibility index (Phi) is 4.56. The Morgan fingerprint density at radius 3 is 2.91 bits per heavy atom. The molecule has 0 amide bonds. The van der Waals surface area contributed by atoms with Gasteiger partial charge >= 0.3 is 0 Å². The number of rotatable bonds is 5. The van der Waals surface area contributed by atoms with Crippen LogP contribution in [-0.2, 0) is 17.9 Å². The molecule has 2 aromatic rings. The largest absolute Gasteiger partial charge is 0.377 e. The molecule has 1 aliphatic rings. The second-order valence-corrected chi connectivity index (χ2v) is 6.29. The van der Waals surface area contributed by atoms with Crippen molar-refractivity contribution in [1.29, 1.82) is 0 Å². The Morgan fingerprint density at radius 1 is 1.35 bits per heavy atom. The molecule has 0 aromatic carbocycles. The standard InChI is InChI=1S/C16H24N6O/c1-10(2)15-17-11(3)8-13(19-15)18-12-6-5-7-22-16(12)20-14(21-22)9-23-4/h8,10,12H,5-7,9H2,1-4H3,(H,17,18,19). The van der Waals surface area contributed by atoms with Crippen LogP contribution in [0.15, 0.2) is 6.07 Å². The molecule has 0 radical (unpaired) electrons. The van der Waals surface area contributed by atoms with Gasteiger partial charge in [-0.25, -0.2) is 19.6 Å². The van der Waals surface area contributed by atoms with Crippen LogP contribution in [0, 0.1) is 6.92 Å². The lowest BCUT2D eigenvalue weighted by Crippen LogP contribution is -2.23. The lowest BCUT2D eigenvalue weighted by atomic mass is 10.1. The third kappa shape index (κ3) is 3.50. The maximum atomic E-state index is 5.14. The van der Waals surface area contributed by atoms with Crippen molar-refractivity contribution in [2.75, 3.05) is 12.4 Å². The molecule has 7 nitrogen and oxygen atoms in total. The summed E-state index contributed by atoms with van der Waals surface area (Å²) in [5.74, 6) is 3.73. The number of methoxy groups -OCH3 is 1. The molecule has 0 saturated carbocycles. The molecule has 2 aromatic heterocycles. The molecule has 23 heavy (non-hydrogen) atoms. The summed E-state index contributed by atoms with van der Waals surface area (Å²) in [6, 6.07) is 2.10. The van der Waals surface area contributed by atoms with Crippen LogP contribution in [0.5, 0.6) is 0 Å². The first-order chi connectivity index (χ1) is 11.1. The summed E-state index contributed by atoms with van der Waals surface area (Å²) >= 11 is 0. The second kappa shape index (κ2) is 6.62. The first-order valence-electron chi connectivity index (χ1n) is 8.11. The van der Waals surface area contributed by atoms with E-state index in [1.165, 1.54) is 0 Å². The normalized spacial score (nSPS) is 17.3. The molecule has 0 saturated heterocycles. The van der Waals surface area contributed by atoms with Crippen LogP contribution in [0.25, 0.3) is 0 Å². The highest BCUT2D eigenvalue weighted by Crippen LogP contribution is 2.27. The number of aryl methyl sites for hydroxylation is 2. The number of anilines is 1. The third-order valence-electron chi connectivity index (χ3n) is 3.90. The zero-order valence-electron chi connectivity index (χ0n) is 14.2. The van der Waals surface area contributed by atoms with Gasteiger partial charge in [0.05, 0.1) is 6.04 Å². The molecule has 1 atom stereocenters. The fourth-order valence-corrected chi connectivity index (χ4v) is 2.83. The minimum atomic E-state index is 0.121. The maximum absolute atomic E-state index is 5.14. The van der Waals surface area contributed by atoms with Crippen LogP contribution >= 0.6 is 0 Å². The number of hydrogen-bond acceptors (Lipinski definition) is 6. The average molecular weight is 316 g/mol. The smallest absolute Gasteiger partial charge is 0.176 e. The van der Waals surface area contributed by atoms with Crippen LogP contribution in [0.3, 0.4) is 0 Å². The minimum Gasteiger partial charge on any atom is -0.377 e. The van der Waals surface area contributed by atoms with Crippen molar-refractivity contribution >= 4 is 5.82 Å². The highest BCUT2D eigenvalue weighted by Gasteiger charge is 2.24. The topological polar surface area (TPSA) is 77.8 Å². The molecule has 1 aliphatic heterocycles. The van der Waals surface area contributed by atoms with Crippen molar-refractivity contribution in [3.05, 3.63) is 29.2 Å². The van der Waals surface area contributed by atoms with E-state index in [1.54, 1.807) is 7.11 Å². The SMILES string of the molecule is COCc1nc2n(n1)CCCC2Nc1cc(C)nc(C(C)C)n1. The summed E-state index contributed by atoms with van der Waals surface area (Å²) in [4.78, 5) is 13.8. The molecule has 1 N–H and O–H groups in total. The number of ether oxygens (including phenoxy) is 1. The summed E-state index contributed by atoms with van der Waals surface area (Å²) in [6.07, 6.45) is 2.09. The number of nitrogens with zero attached hydrogens (tertiary/aromatic N) is 5. The number of aromatic nitrogens is 5. The molecule has 7 heteroatoms. The minimum absolute atomic E-state index is 0.121. The number of fused-ring (bicyclic) bond motifs is 1. The number of nitrogens with one attached hydrogen (secondary N) is 1. The van der Waals surface area contributed by atoms with E-state index in [1.807, 2.05) is 17.7 Å². The van der Waals surface area contributed by atoms with E-state index >= 15 is 0 Å². The lowest BCUT2D eigenvalue weighted by molar-refractivity contribution is 0.177. The maximum Gasteiger partial charge on any atom is 0.176 e. The van der Waals surface area contributed by atoms with Gasteiger partial charge in [0.25, 0.3) is 0 Å². The molecule has 3 rings (SSSR count). The molecule has 0 fully saturated rings. The molecule has 1 unspecified atom stereocenters. The predicted molar refractivity (Wildman–Crippen MR) is 87.2 cm³/mol. The van der Waals surface area contributed by atoms with Gasteiger partial charge in [-0.2, -0.15) is 5.10 Å². The van der Waals surface area contributed by atoms with Gasteiger partial charge in [-0.15, -0.1) is 0 Å². The Balaban J connectivity index is 1.84. The quantitative estimate of drug-likeness (QED) is 0.913. The van der Waals surface area contributed by atoms with Crippen molar-refractivity contribution in [1.82, 2.24) is 24.7 Å². The Bertz CT molecular complexity index is 681. The molecule has 0 spiro atoms. The van der Waals surface area contributed by atoms with Crippen LogP contribution in [0.1, 0.15) is 61.8 Å². The fourth-order valence-electron chi connectivity index (χ4n) is 2.83. The van der Waals surface area contributed by atoms with Crippen LogP contribution in [-0.4, -0.2) is 31.8 Å². The zero-order valence-corrected chi connectivity index (χ0v) is 14.2. The van der Waals surface area contributed by atoms with Crippen molar-refractivity contribution < 1.29 is 4.74 Å². The molecule has 0 aliphatic carbocycles. The molecule has 124 valence electrons. The van der Waals surface area contributed by atoms with Gasteiger partial charge in [0.15, 0.2) is 5.82 Å². The van der Waals surface area contributed by atoms with E-state index in [0.717, 1.165) is 48.4 Å². The van der Waals surface area contributed by atoms with E-state index < -0.39 is 0 Å². The third-order valence-corrected chi connectivity index (χ3v) is 3.90. The van der Waals surface area contributed by atoms with E-state index in [-0.39, 0.29) is 6.04 Å². The molecular weight excluding hydrogens is 292 g/mol. The van der Waals surface area contributed by atoms with E-state index in [0.29, 0.717) is 12.5 Å². The lowest BCUT2D eigenvalue weighted by Gasteiger charge is -2.24. The van der Waals surface area contributed by atoms with E-state index in [9.17, 15) is 0 Å². The van der Waals surface area contributed by atoms with Crippen molar-refractivity contribution in [3.8, 4) is 0 Å². The zero-order chi connectivity index (χ0) is 16.4. The Labute approximate surface area is 136 Å². The molecule has 0 bridgehead atoms. The van der Waals surface area contributed by atoms with E-state index in [2.05, 4.69) is 39.2 Å². The van der Waals surface area contributed by atoms with Crippen molar-refractivity contribution in [3.63, 3.8) is 0 Å². The molecular formula is C16H24N6O. The Morgan fingerprint density at radius 2 is 2.17 bits per heavy atom. The van der Waals surface area contributed by atoms with Gasteiger partial charge in [-0.05, 0) is 19.8 Å². The summed E-state index contributed by atoms with van der Waals surface area (Å²) in [7, 11) is 1.66. The molecule has 3 heterocycles. The van der Waals surface area contributed by atoms with Crippen molar-refractivity contribution in [2.45, 2.75) is 58.7 Å². The highest BCUT2D eigenvalue weighted by atomic mass is 16.5.